The van der Waals surface area contributed by atoms with Gasteiger partial charge in [-0.1, -0.05) is 13.3 Å². The Hall–Kier alpha value is -1.59. The van der Waals surface area contributed by atoms with Gasteiger partial charge in [0.1, 0.15) is 11.5 Å². The lowest BCUT2D eigenvalue weighted by Gasteiger charge is -2.18. The summed E-state index contributed by atoms with van der Waals surface area (Å²) in [5.74, 6) is 1.32. The van der Waals surface area contributed by atoms with Crippen molar-refractivity contribution in [3.8, 4) is 5.75 Å². The largest absolute Gasteiger partial charge is 0.507 e. The molecule has 1 saturated heterocycles. The fourth-order valence-corrected chi connectivity index (χ4v) is 5.36. The standard InChI is InChI=1S/C22H28O4S/c1-2-3-17-4-5-18(27-17)11-19-20(23)10-16(26-21(19)24)13-22(7-8-22)12-15-6-9-25-14-15/h4-5,10,15,23H,2-3,6-9,11-14H2,1H3. The molecule has 1 aliphatic heterocycles. The molecule has 1 aliphatic carbocycles. The van der Waals surface area contributed by atoms with Crippen LogP contribution in [0.3, 0.4) is 0 Å². The monoisotopic (exact) mass is 388 g/mol. The number of hydrogen-bond acceptors (Lipinski definition) is 5. The van der Waals surface area contributed by atoms with Gasteiger partial charge in [0.25, 0.3) is 0 Å². The van der Waals surface area contributed by atoms with E-state index < -0.39 is 5.63 Å². The molecule has 2 fully saturated rings. The van der Waals surface area contributed by atoms with Gasteiger partial charge < -0.3 is 14.3 Å². The molecule has 2 aromatic heterocycles. The van der Waals surface area contributed by atoms with Crippen molar-refractivity contribution >= 4 is 11.3 Å². The molecule has 2 aliphatic rings. The van der Waals surface area contributed by atoms with E-state index in [1.807, 2.05) is 6.07 Å². The first-order chi connectivity index (χ1) is 13.1. The lowest BCUT2D eigenvalue weighted by Crippen LogP contribution is -2.15. The SMILES string of the molecule is CCCc1ccc(Cc2c(O)cc(CC3(CC4CCOC4)CC3)oc2=O)s1. The molecular formula is C22H28O4S. The molecule has 3 heterocycles. The maximum absolute atomic E-state index is 12.5. The molecule has 4 rings (SSSR count). The summed E-state index contributed by atoms with van der Waals surface area (Å²) in [6, 6.07) is 5.83. The van der Waals surface area contributed by atoms with Gasteiger partial charge in [0, 0.05) is 41.9 Å². The summed E-state index contributed by atoms with van der Waals surface area (Å²) in [7, 11) is 0. The number of hydrogen-bond donors (Lipinski definition) is 1. The summed E-state index contributed by atoms with van der Waals surface area (Å²) >= 11 is 1.71. The second kappa shape index (κ2) is 7.80. The number of ether oxygens (including phenoxy) is 1. The Kier molecular flexibility index (Phi) is 5.42. The van der Waals surface area contributed by atoms with Crippen molar-refractivity contribution in [1.82, 2.24) is 0 Å². The van der Waals surface area contributed by atoms with Crippen LogP contribution in [0.15, 0.2) is 27.4 Å². The van der Waals surface area contributed by atoms with Crippen molar-refractivity contribution < 1.29 is 14.3 Å². The summed E-state index contributed by atoms with van der Waals surface area (Å²) in [4.78, 5) is 14.9. The Bertz CT molecular complexity index is 840. The van der Waals surface area contributed by atoms with Crippen LogP contribution in [0.1, 0.15) is 60.1 Å². The molecule has 0 bridgehead atoms. The quantitative estimate of drug-likeness (QED) is 0.712. The molecule has 0 amide bonds. The number of rotatable bonds is 8. The number of thiophene rings is 1. The van der Waals surface area contributed by atoms with E-state index in [1.165, 1.54) is 17.7 Å². The molecule has 1 unspecified atom stereocenters. The Morgan fingerprint density at radius 3 is 2.78 bits per heavy atom. The molecule has 146 valence electrons. The van der Waals surface area contributed by atoms with Gasteiger partial charge in [-0.15, -0.1) is 11.3 Å². The average Bonchev–Trinajstić information content (AvgIpc) is 3.00. The lowest BCUT2D eigenvalue weighted by molar-refractivity contribution is 0.177. The number of aromatic hydroxyl groups is 1. The topological polar surface area (TPSA) is 59.7 Å². The molecular weight excluding hydrogens is 360 g/mol. The van der Waals surface area contributed by atoms with Crippen molar-refractivity contribution in [2.75, 3.05) is 13.2 Å². The molecule has 5 heteroatoms. The van der Waals surface area contributed by atoms with Crippen molar-refractivity contribution in [2.45, 2.75) is 58.3 Å². The van der Waals surface area contributed by atoms with E-state index in [2.05, 4.69) is 13.0 Å². The van der Waals surface area contributed by atoms with Gasteiger partial charge in [-0.2, -0.15) is 0 Å². The van der Waals surface area contributed by atoms with Crippen LogP contribution >= 0.6 is 11.3 Å². The molecule has 0 spiro atoms. The Labute approximate surface area is 164 Å². The molecule has 2 aromatic rings. The Morgan fingerprint density at radius 1 is 1.30 bits per heavy atom. The molecule has 0 aromatic carbocycles. The molecule has 1 saturated carbocycles. The lowest BCUT2D eigenvalue weighted by atomic mass is 9.88. The van der Waals surface area contributed by atoms with Gasteiger partial charge in [0.2, 0.25) is 0 Å². The van der Waals surface area contributed by atoms with Crippen LogP contribution in [0.2, 0.25) is 0 Å². The zero-order valence-electron chi connectivity index (χ0n) is 16.0. The van der Waals surface area contributed by atoms with Gasteiger partial charge in [0.15, 0.2) is 0 Å². The second-order valence-corrected chi connectivity index (χ2v) is 9.52. The highest BCUT2D eigenvalue weighted by Gasteiger charge is 2.45. The summed E-state index contributed by atoms with van der Waals surface area (Å²) in [5.41, 5.74) is 0.221. The second-order valence-electron chi connectivity index (χ2n) is 8.27. The van der Waals surface area contributed by atoms with Crippen molar-refractivity contribution in [3.63, 3.8) is 0 Å². The summed E-state index contributed by atoms with van der Waals surface area (Å²) in [6.07, 6.45) is 7.95. The van der Waals surface area contributed by atoms with Crippen LogP contribution in [-0.2, 0) is 24.0 Å². The van der Waals surface area contributed by atoms with Crippen LogP contribution in [0.5, 0.6) is 5.75 Å². The van der Waals surface area contributed by atoms with Gasteiger partial charge in [-0.05, 0) is 55.6 Å². The number of aryl methyl sites for hydroxylation is 1. The first kappa shape index (κ1) is 18.8. The minimum atomic E-state index is -0.393. The smallest absolute Gasteiger partial charge is 0.343 e. The van der Waals surface area contributed by atoms with E-state index in [1.54, 1.807) is 17.4 Å². The van der Waals surface area contributed by atoms with Gasteiger partial charge in [0.05, 0.1) is 5.56 Å². The molecule has 1 atom stereocenters. The zero-order valence-corrected chi connectivity index (χ0v) is 16.8. The van der Waals surface area contributed by atoms with Crippen molar-refractivity contribution in [2.24, 2.45) is 11.3 Å². The van der Waals surface area contributed by atoms with E-state index in [-0.39, 0.29) is 11.2 Å². The summed E-state index contributed by atoms with van der Waals surface area (Å²) in [5, 5.41) is 10.5. The van der Waals surface area contributed by atoms with Gasteiger partial charge in [-0.3, -0.25) is 0 Å². The highest BCUT2D eigenvalue weighted by Crippen LogP contribution is 2.54. The van der Waals surface area contributed by atoms with E-state index in [0.717, 1.165) is 50.2 Å². The third-order valence-electron chi connectivity index (χ3n) is 5.89. The van der Waals surface area contributed by atoms with Crippen LogP contribution in [-0.4, -0.2) is 18.3 Å². The predicted octanol–water partition coefficient (Wildman–Crippen LogP) is 4.70. The molecule has 27 heavy (non-hydrogen) atoms. The van der Waals surface area contributed by atoms with Crippen LogP contribution in [0, 0.1) is 11.3 Å². The van der Waals surface area contributed by atoms with E-state index in [0.29, 0.717) is 23.7 Å². The van der Waals surface area contributed by atoms with Gasteiger partial charge in [-0.25, -0.2) is 4.79 Å². The average molecular weight is 389 g/mol. The fourth-order valence-electron chi connectivity index (χ4n) is 4.23. The third-order valence-corrected chi connectivity index (χ3v) is 7.04. The summed E-state index contributed by atoms with van der Waals surface area (Å²) < 4.78 is 11.1. The normalized spacial score (nSPS) is 20.9. The fraction of sp³-hybridized carbons (Fsp3) is 0.591. The Morgan fingerprint density at radius 2 is 2.11 bits per heavy atom. The molecule has 4 nitrogen and oxygen atoms in total. The minimum absolute atomic E-state index is 0.0756. The summed E-state index contributed by atoms with van der Waals surface area (Å²) in [6.45, 7) is 3.88. The third kappa shape index (κ3) is 4.46. The maximum atomic E-state index is 12.5. The zero-order chi connectivity index (χ0) is 18.9. The predicted molar refractivity (Wildman–Crippen MR) is 107 cm³/mol. The van der Waals surface area contributed by atoms with Crippen LogP contribution in [0.4, 0.5) is 0 Å². The molecule has 0 radical (unpaired) electrons. The first-order valence-electron chi connectivity index (χ1n) is 10.1. The van der Waals surface area contributed by atoms with Crippen molar-refractivity contribution in [3.05, 3.63) is 49.7 Å². The highest BCUT2D eigenvalue weighted by atomic mass is 32.1. The van der Waals surface area contributed by atoms with E-state index >= 15 is 0 Å². The molecule has 1 N–H and O–H groups in total. The van der Waals surface area contributed by atoms with Gasteiger partial charge >= 0.3 is 5.63 Å². The van der Waals surface area contributed by atoms with E-state index in [9.17, 15) is 9.90 Å². The van der Waals surface area contributed by atoms with Crippen LogP contribution < -0.4 is 5.63 Å². The first-order valence-corrected chi connectivity index (χ1v) is 10.9. The van der Waals surface area contributed by atoms with Crippen LogP contribution in [0.25, 0.3) is 0 Å². The Balaban J connectivity index is 1.45. The van der Waals surface area contributed by atoms with E-state index in [4.69, 9.17) is 9.15 Å². The van der Waals surface area contributed by atoms with Crippen molar-refractivity contribution in [1.29, 1.82) is 0 Å². The minimum Gasteiger partial charge on any atom is -0.507 e. The highest BCUT2D eigenvalue weighted by molar-refractivity contribution is 7.12. The maximum Gasteiger partial charge on any atom is 0.343 e.